The summed E-state index contributed by atoms with van der Waals surface area (Å²) < 4.78 is 5.36. The molecule has 6 heteroatoms. The number of ether oxygens (including phenoxy) is 1. The molecule has 1 aromatic heterocycles. The first-order valence-corrected chi connectivity index (χ1v) is 8.25. The number of benzene rings is 1. The van der Waals surface area contributed by atoms with E-state index in [0.29, 0.717) is 12.0 Å². The number of nitrogens with one attached hydrogen (secondary N) is 1. The van der Waals surface area contributed by atoms with Gasteiger partial charge in [-0.15, -0.1) is 0 Å². The number of hydrogen-bond donors (Lipinski definition) is 1. The van der Waals surface area contributed by atoms with Crippen LogP contribution >= 0.6 is 0 Å². The molecule has 0 saturated carbocycles. The highest BCUT2D eigenvalue weighted by molar-refractivity contribution is 6.04. The summed E-state index contributed by atoms with van der Waals surface area (Å²) in [5, 5.41) is 2.91. The average molecular weight is 326 g/mol. The number of morpholine rings is 1. The second kappa shape index (κ2) is 7.99. The van der Waals surface area contributed by atoms with Crippen LogP contribution in [-0.2, 0) is 17.7 Å². The van der Waals surface area contributed by atoms with Crippen molar-refractivity contribution in [1.29, 1.82) is 0 Å². The SMILES string of the molecule is CCc1ncncc1C(=O)Nc1ccc(CN2CCOCC2)cc1. The Hall–Kier alpha value is -2.31. The van der Waals surface area contributed by atoms with Crippen LogP contribution in [0, 0.1) is 0 Å². The van der Waals surface area contributed by atoms with E-state index < -0.39 is 0 Å². The van der Waals surface area contributed by atoms with E-state index in [1.54, 1.807) is 6.20 Å². The first-order valence-electron chi connectivity index (χ1n) is 8.25. The van der Waals surface area contributed by atoms with Crippen LogP contribution < -0.4 is 5.32 Å². The molecular formula is C18H22N4O2. The quantitative estimate of drug-likeness (QED) is 0.911. The van der Waals surface area contributed by atoms with Crippen molar-refractivity contribution in [1.82, 2.24) is 14.9 Å². The van der Waals surface area contributed by atoms with Gasteiger partial charge in [-0.3, -0.25) is 9.69 Å². The van der Waals surface area contributed by atoms with Gasteiger partial charge in [0.15, 0.2) is 0 Å². The number of aromatic nitrogens is 2. The Labute approximate surface area is 141 Å². The summed E-state index contributed by atoms with van der Waals surface area (Å²) in [4.78, 5) is 22.8. The molecule has 2 heterocycles. The van der Waals surface area contributed by atoms with Crippen LogP contribution in [0.2, 0.25) is 0 Å². The van der Waals surface area contributed by atoms with E-state index in [4.69, 9.17) is 4.74 Å². The van der Waals surface area contributed by atoms with Gasteiger partial charge in [0, 0.05) is 31.5 Å². The minimum absolute atomic E-state index is 0.173. The maximum Gasteiger partial charge on any atom is 0.259 e. The molecule has 0 radical (unpaired) electrons. The molecule has 0 atom stereocenters. The lowest BCUT2D eigenvalue weighted by atomic mass is 10.1. The number of aryl methyl sites for hydroxylation is 1. The van der Waals surface area contributed by atoms with Crippen molar-refractivity contribution >= 4 is 11.6 Å². The van der Waals surface area contributed by atoms with Crippen LogP contribution in [-0.4, -0.2) is 47.1 Å². The molecule has 0 spiro atoms. The van der Waals surface area contributed by atoms with Crippen LogP contribution in [0.25, 0.3) is 0 Å². The Morgan fingerprint density at radius 2 is 2.00 bits per heavy atom. The maximum atomic E-state index is 12.4. The van der Waals surface area contributed by atoms with Crippen LogP contribution in [0.3, 0.4) is 0 Å². The molecule has 1 aromatic carbocycles. The van der Waals surface area contributed by atoms with Crippen molar-refractivity contribution < 1.29 is 9.53 Å². The van der Waals surface area contributed by atoms with Crippen molar-refractivity contribution in [3.05, 3.63) is 53.6 Å². The zero-order chi connectivity index (χ0) is 16.8. The average Bonchev–Trinajstić information content (AvgIpc) is 2.64. The summed E-state index contributed by atoms with van der Waals surface area (Å²) in [5.74, 6) is -0.173. The monoisotopic (exact) mass is 326 g/mol. The summed E-state index contributed by atoms with van der Waals surface area (Å²) in [5.41, 5.74) is 3.28. The van der Waals surface area contributed by atoms with Crippen molar-refractivity contribution in [3.8, 4) is 0 Å². The van der Waals surface area contributed by atoms with Gasteiger partial charge in [0.2, 0.25) is 0 Å². The Morgan fingerprint density at radius 3 is 2.71 bits per heavy atom. The lowest BCUT2D eigenvalue weighted by molar-refractivity contribution is 0.0342. The summed E-state index contributed by atoms with van der Waals surface area (Å²) in [6.07, 6.45) is 3.73. The molecule has 1 saturated heterocycles. The smallest absolute Gasteiger partial charge is 0.259 e. The number of nitrogens with zero attached hydrogens (tertiary/aromatic N) is 3. The molecule has 1 fully saturated rings. The summed E-state index contributed by atoms with van der Waals surface area (Å²) in [7, 11) is 0. The third-order valence-corrected chi connectivity index (χ3v) is 4.10. The highest BCUT2D eigenvalue weighted by Gasteiger charge is 2.13. The zero-order valence-corrected chi connectivity index (χ0v) is 13.9. The molecule has 1 aliphatic rings. The van der Waals surface area contributed by atoms with Gasteiger partial charge in [-0.05, 0) is 24.1 Å². The molecule has 126 valence electrons. The van der Waals surface area contributed by atoms with Gasteiger partial charge >= 0.3 is 0 Å². The van der Waals surface area contributed by atoms with Crippen LogP contribution in [0.4, 0.5) is 5.69 Å². The maximum absolute atomic E-state index is 12.4. The second-order valence-corrected chi connectivity index (χ2v) is 5.78. The number of amides is 1. The highest BCUT2D eigenvalue weighted by atomic mass is 16.5. The van der Waals surface area contributed by atoms with E-state index in [0.717, 1.165) is 44.2 Å². The molecule has 6 nitrogen and oxygen atoms in total. The molecule has 2 aromatic rings. The van der Waals surface area contributed by atoms with Crippen molar-refractivity contribution in [3.63, 3.8) is 0 Å². The van der Waals surface area contributed by atoms with Gasteiger partial charge in [0.1, 0.15) is 6.33 Å². The van der Waals surface area contributed by atoms with Gasteiger partial charge in [0.05, 0.1) is 24.5 Å². The predicted octanol–water partition coefficient (Wildman–Crippen LogP) is 2.12. The van der Waals surface area contributed by atoms with Crippen LogP contribution in [0.5, 0.6) is 0 Å². The van der Waals surface area contributed by atoms with Gasteiger partial charge in [-0.25, -0.2) is 9.97 Å². The largest absolute Gasteiger partial charge is 0.379 e. The van der Waals surface area contributed by atoms with E-state index in [-0.39, 0.29) is 5.91 Å². The summed E-state index contributed by atoms with van der Waals surface area (Å²) >= 11 is 0. The minimum Gasteiger partial charge on any atom is -0.379 e. The van der Waals surface area contributed by atoms with Crippen molar-refractivity contribution in [2.45, 2.75) is 19.9 Å². The van der Waals surface area contributed by atoms with Crippen molar-refractivity contribution in [2.75, 3.05) is 31.6 Å². The topological polar surface area (TPSA) is 67.4 Å². The van der Waals surface area contributed by atoms with E-state index in [9.17, 15) is 4.79 Å². The van der Waals surface area contributed by atoms with E-state index >= 15 is 0 Å². The second-order valence-electron chi connectivity index (χ2n) is 5.78. The Balaban J connectivity index is 1.62. The van der Waals surface area contributed by atoms with Crippen LogP contribution in [0.15, 0.2) is 36.8 Å². The Morgan fingerprint density at radius 1 is 1.25 bits per heavy atom. The summed E-state index contributed by atoms with van der Waals surface area (Å²) in [6, 6.07) is 7.97. The molecule has 0 unspecified atom stereocenters. The molecule has 0 bridgehead atoms. The molecule has 1 aliphatic heterocycles. The predicted molar refractivity (Wildman–Crippen MR) is 91.9 cm³/mol. The lowest BCUT2D eigenvalue weighted by Gasteiger charge is -2.26. The minimum atomic E-state index is -0.173. The third-order valence-electron chi connectivity index (χ3n) is 4.10. The van der Waals surface area contributed by atoms with E-state index in [2.05, 4.69) is 20.2 Å². The third kappa shape index (κ3) is 4.15. The van der Waals surface area contributed by atoms with Gasteiger partial charge < -0.3 is 10.1 Å². The number of carbonyl (C=O) groups excluding carboxylic acids is 1. The lowest BCUT2D eigenvalue weighted by Crippen LogP contribution is -2.35. The first kappa shape index (κ1) is 16.5. The standard InChI is InChI=1S/C18H22N4O2/c1-2-17-16(11-19-13-20-17)18(23)21-15-5-3-14(4-6-15)12-22-7-9-24-10-8-22/h3-6,11,13H,2,7-10,12H2,1H3,(H,21,23). The normalized spacial score (nSPS) is 15.2. The van der Waals surface area contributed by atoms with Gasteiger partial charge in [0.25, 0.3) is 5.91 Å². The van der Waals surface area contributed by atoms with E-state index in [1.165, 1.54) is 11.9 Å². The summed E-state index contributed by atoms with van der Waals surface area (Å²) in [6.45, 7) is 6.41. The molecular weight excluding hydrogens is 304 g/mol. The highest BCUT2D eigenvalue weighted by Crippen LogP contribution is 2.14. The number of carbonyl (C=O) groups is 1. The number of anilines is 1. The zero-order valence-electron chi connectivity index (χ0n) is 13.9. The Kier molecular flexibility index (Phi) is 5.51. The fraction of sp³-hybridized carbons (Fsp3) is 0.389. The molecule has 1 N–H and O–H groups in total. The fourth-order valence-electron chi connectivity index (χ4n) is 2.74. The molecule has 3 rings (SSSR count). The number of hydrogen-bond acceptors (Lipinski definition) is 5. The van der Waals surface area contributed by atoms with Crippen molar-refractivity contribution in [2.24, 2.45) is 0 Å². The molecule has 0 aliphatic carbocycles. The van der Waals surface area contributed by atoms with E-state index in [1.807, 2.05) is 31.2 Å². The number of rotatable bonds is 5. The van der Waals surface area contributed by atoms with Crippen LogP contribution in [0.1, 0.15) is 28.5 Å². The molecule has 1 amide bonds. The van der Waals surface area contributed by atoms with Gasteiger partial charge in [-0.1, -0.05) is 19.1 Å². The first-order chi connectivity index (χ1) is 11.8. The molecule has 24 heavy (non-hydrogen) atoms. The Bertz CT molecular complexity index is 682. The fourth-order valence-corrected chi connectivity index (χ4v) is 2.74. The van der Waals surface area contributed by atoms with Gasteiger partial charge in [-0.2, -0.15) is 0 Å².